The second-order valence-corrected chi connectivity index (χ2v) is 4.60. The molecule has 0 spiro atoms. The average Bonchev–Trinajstić information content (AvgIpc) is 2.43. The number of benzene rings is 2. The molecule has 1 aliphatic heterocycles. The van der Waals surface area contributed by atoms with Crippen molar-refractivity contribution < 1.29 is 9.90 Å². The third-order valence-electron chi connectivity index (χ3n) is 3.37. The van der Waals surface area contributed by atoms with Crippen LogP contribution in [0.3, 0.4) is 0 Å². The molecule has 1 atom stereocenters. The Balaban J connectivity index is 2.05. The smallest absolute Gasteiger partial charge is 0.255 e. The summed E-state index contributed by atoms with van der Waals surface area (Å²) in [4.78, 5) is 14.1. The number of aromatic hydroxyl groups is 1. The molecule has 2 N–H and O–H groups in total. The highest BCUT2D eigenvalue weighted by Gasteiger charge is 2.28. The first-order valence-electron chi connectivity index (χ1n) is 6.08. The molecule has 0 saturated carbocycles. The van der Waals surface area contributed by atoms with Crippen LogP contribution >= 0.6 is 0 Å². The highest BCUT2D eigenvalue weighted by Crippen LogP contribution is 2.32. The van der Waals surface area contributed by atoms with Crippen molar-refractivity contribution in [3.05, 3.63) is 59.7 Å². The molecule has 96 valence electrons. The first-order valence-corrected chi connectivity index (χ1v) is 6.08. The molecule has 0 unspecified atom stereocenters. The van der Waals surface area contributed by atoms with Gasteiger partial charge in [-0.15, -0.1) is 0 Å². The molecular formula is C15H14N2O2. The number of para-hydroxylation sites is 1. The molecule has 4 heteroatoms. The second-order valence-electron chi connectivity index (χ2n) is 4.60. The molecule has 4 nitrogen and oxygen atoms in total. The van der Waals surface area contributed by atoms with Gasteiger partial charge in [0.1, 0.15) is 11.9 Å². The molecule has 0 fully saturated rings. The lowest BCUT2D eigenvalue weighted by Crippen LogP contribution is -2.44. The van der Waals surface area contributed by atoms with E-state index in [2.05, 4.69) is 5.32 Å². The van der Waals surface area contributed by atoms with Crippen LogP contribution in [0.25, 0.3) is 0 Å². The molecule has 1 aliphatic rings. The van der Waals surface area contributed by atoms with Gasteiger partial charge < -0.3 is 15.3 Å². The number of nitrogens with one attached hydrogen (secondary N) is 1. The number of carbonyl (C=O) groups excluding carboxylic acids is 1. The van der Waals surface area contributed by atoms with Crippen molar-refractivity contribution in [3.63, 3.8) is 0 Å². The van der Waals surface area contributed by atoms with E-state index in [1.54, 1.807) is 24.3 Å². The van der Waals surface area contributed by atoms with Crippen molar-refractivity contribution in [2.24, 2.45) is 0 Å². The molecule has 1 heterocycles. The molecule has 0 aromatic heterocycles. The fraction of sp³-hybridized carbons (Fsp3) is 0.133. The van der Waals surface area contributed by atoms with Gasteiger partial charge in [-0.2, -0.15) is 0 Å². The van der Waals surface area contributed by atoms with Crippen LogP contribution in [0, 0.1) is 0 Å². The van der Waals surface area contributed by atoms with Crippen molar-refractivity contribution in [1.82, 2.24) is 5.32 Å². The number of hydrogen-bond acceptors (Lipinski definition) is 3. The Morgan fingerprint density at radius 3 is 2.74 bits per heavy atom. The summed E-state index contributed by atoms with van der Waals surface area (Å²) in [6, 6.07) is 14.4. The summed E-state index contributed by atoms with van der Waals surface area (Å²) in [5.74, 6) is 0.0982. The second kappa shape index (κ2) is 4.31. The third-order valence-corrected chi connectivity index (χ3v) is 3.37. The first kappa shape index (κ1) is 11.6. The van der Waals surface area contributed by atoms with Gasteiger partial charge in [-0.3, -0.25) is 4.79 Å². The zero-order valence-corrected chi connectivity index (χ0v) is 10.5. The SMILES string of the molecule is CN1c2ccccc2C(=O)N[C@H]1c1cccc(O)c1. The van der Waals surface area contributed by atoms with E-state index in [9.17, 15) is 9.90 Å². The predicted molar refractivity (Wildman–Crippen MR) is 73.2 cm³/mol. The summed E-state index contributed by atoms with van der Waals surface area (Å²) < 4.78 is 0. The Labute approximate surface area is 111 Å². The minimum absolute atomic E-state index is 0.0953. The number of phenols is 1. The normalized spacial score (nSPS) is 17.8. The van der Waals surface area contributed by atoms with Gasteiger partial charge in [0.15, 0.2) is 0 Å². The van der Waals surface area contributed by atoms with E-state index >= 15 is 0 Å². The maximum atomic E-state index is 12.1. The van der Waals surface area contributed by atoms with Crippen molar-refractivity contribution in [3.8, 4) is 5.75 Å². The van der Waals surface area contributed by atoms with Gasteiger partial charge in [-0.05, 0) is 29.8 Å². The van der Waals surface area contributed by atoms with Gasteiger partial charge in [-0.1, -0.05) is 24.3 Å². The van der Waals surface area contributed by atoms with E-state index in [1.165, 1.54) is 0 Å². The van der Waals surface area contributed by atoms with Gasteiger partial charge in [0.05, 0.1) is 11.3 Å². The van der Waals surface area contributed by atoms with E-state index in [-0.39, 0.29) is 17.8 Å². The van der Waals surface area contributed by atoms with Crippen LogP contribution in [0.5, 0.6) is 5.75 Å². The van der Waals surface area contributed by atoms with Crippen molar-refractivity contribution in [1.29, 1.82) is 0 Å². The fourth-order valence-corrected chi connectivity index (χ4v) is 2.41. The van der Waals surface area contributed by atoms with Crippen molar-refractivity contribution in [2.45, 2.75) is 6.17 Å². The Morgan fingerprint density at radius 2 is 1.95 bits per heavy atom. The summed E-state index contributed by atoms with van der Waals surface area (Å²) in [6.07, 6.45) is -0.269. The van der Waals surface area contributed by atoms with E-state index in [0.717, 1.165) is 11.3 Å². The zero-order chi connectivity index (χ0) is 13.4. The monoisotopic (exact) mass is 254 g/mol. The molecular weight excluding hydrogens is 240 g/mol. The molecule has 0 radical (unpaired) electrons. The van der Waals surface area contributed by atoms with Crippen LogP contribution in [0.4, 0.5) is 5.69 Å². The first-order chi connectivity index (χ1) is 9.16. The van der Waals surface area contributed by atoms with Crippen molar-refractivity contribution in [2.75, 3.05) is 11.9 Å². The van der Waals surface area contributed by atoms with Gasteiger partial charge in [0, 0.05) is 7.05 Å². The third kappa shape index (κ3) is 1.91. The number of fused-ring (bicyclic) bond motifs is 1. The minimum atomic E-state index is -0.269. The standard InChI is InChI=1S/C15H14N2O2/c1-17-13-8-3-2-7-12(13)15(19)16-14(17)10-5-4-6-11(18)9-10/h2-9,14,18H,1H3,(H,16,19)/t14-/m1/s1. The maximum Gasteiger partial charge on any atom is 0.255 e. The fourth-order valence-electron chi connectivity index (χ4n) is 2.41. The Kier molecular flexibility index (Phi) is 2.63. The molecule has 0 bridgehead atoms. The van der Waals surface area contributed by atoms with E-state index in [1.807, 2.05) is 36.2 Å². The minimum Gasteiger partial charge on any atom is -0.508 e. The maximum absolute atomic E-state index is 12.1. The summed E-state index contributed by atoms with van der Waals surface area (Å²) >= 11 is 0. The lowest BCUT2D eigenvalue weighted by Gasteiger charge is -2.36. The Morgan fingerprint density at radius 1 is 1.16 bits per heavy atom. The lowest BCUT2D eigenvalue weighted by molar-refractivity contribution is 0.0928. The summed E-state index contributed by atoms with van der Waals surface area (Å²) in [5.41, 5.74) is 2.41. The topological polar surface area (TPSA) is 52.6 Å². The van der Waals surface area contributed by atoms with E-state index in [0.29, 0.717) is 5.56 Å². The number of phenolic OH excluding ortho intramolecular Hbond substituents is 1. The molecule has 0 aliphatic carbocycles. The average molecular weight is 254 g/mol. The van der Waals surface area contributed by atoms with Crippen LogP contribution < -0.4 is 10.2 Å². The molecule has 1 amide bonds. The highest BCUT2D eigenvalue weighted by molar-refractivity contribution is 6.01. The highest BCUT2D eigenvalue weighted by atomic mass is 16.3. The Bertz CT molecular complexity index is 640. The number of amides is 1. The number of anilines is 1. The Hall–Kier alpha value is -2.49. The molecule has 2 aromatic rings. The van der Waals surface area contributed by atoms with Crippen molar-refractivity contribution >= 4 is 11.6 Å². The predicted octanol–water partition coefficient (Wildman–Crippen LogP) is 2.27. The number of hydrogen-bond donors (Lipinski definition) is 2. The molecule has 3 rings (SSSR count). The summed E-state index contributed by atoms with van der Waals surface area (Å²) in [6.45, 7) is 0. The largest absolute Gasteiger partial charge is 0.508 e. The number of nitrogens with zero attached hydrogens (tertiary/aromatic N) is 1. The summed E-state index contributed by atoms with van der Waals surface area (Å²) in [5, 5.41) is 12.5. The number of carbonyl (C=O) groups is 1. The van der Waals surface area contributed by atoms with Crippen LogP contribution in [-0.4, -0.2) is 18.1 Å². The van der Waals surface area contributed by atoms with E-state index < -0.39 is 0 Å². The van der Waals surface area contributed by atoms with Gasteiger partial charge in [-0.25, -0.2) is 0 Å². The van der Waals surface area contributed by atoms with Crippen LogP contribution in [0.15, 0.2) is 48.5 Å². The molecule has 2 aromatic carbocycles. The lowest BCUT2D eigenvalue weighted by atomic mass is 10.0. The summed E-state index contributed by atoms with van der Waals surface area (Å²) in [7, 11) is 1.92. The molecule has 0 saturated heterocycles. The molecule has 19 heavy (non-hydrogen) atoms. The quantitative estimate of drug-likeness (QED) is 0.820. The van der Waals surface area contributed by atoms with Gasteiger partial charge in [0.2, 0.25) is 0 Å². The van der Waals surface area contributed by atoms with Crippen LogP contribution in [-0.2, 0) is 0 Å². The zero-order valence-electron chi connectivity index (χ0n) is 10.5. The van der Waals surface area contributed by atoms with Crippen LogP contribution in [0.1, 0.15) is 22.1 Å². The van der Waals surface area contributed by atoms with Crippen LogP contribution in [0.2, 0.25) is 0 Å². The van der Waals surface area contributed by atoms with Gasteiger partial charge in [0.25, 0.3) is 5.91 Å². The van der Waals surface area contributed by atoms with E-state index in [4.69, 9.17) is 0 Å². The van der Waals surface area contributed by atoms with Gasteiger partial charge >= 0.3 is 0 Å². The number of rotatable bonds is 1.